The van der Waals surface area contributed by atoms with Gasteiger partial charge in [-0.2, -0.15) is 0 Å². The molecule has 1 heterocycles. The van der Waals surface area contributed by atoms with Crippen molar-refractivity contribution in [1.29, 1.82) is 0 Å². The number of amides is 1. The molecular weight excluding hydrogens is 218 g/mol. The average Bonchev–Trinajstić information content (AvgIpc) is 2.24. The number of hydrogen-bond acceptors (Lipinski definition) is 3. The standard InChI is InChI=1S/C13H25NO3/c1-13(2,3)17-12(16)14-8-4-6-11(10-14)7-5-9-15/h11,15H,4-10H2,1-3H3. The van der Waals surface area contributed by atoms with Crippen molar-refractivity contribution in [2.45, 2.75) is 52.1 Å². The van der Waals surface area contributed by atoms with Crippen molar-refractivity contribution < 1.29 is 14.6 Å². The van der Waals surface area contributed by atoms with Gasteiger partial charge in [0.1, 0.15) is 5.60 Å². The Balaban J connectivity index is 2.40. The summed E-state index contributed by atoms with van der Waals surface area (Å²) in [4.78, 5) is 13.7. The second kappa shape index (κ2) is 6.24. The van der Waals surface area contributed by atoms with Crippen LogP contribution in [0.15, 0.2) is 0 Å². The van der Waals surface area contributed by atoms with Crippen LogP contribution in [-0.4, -0.2) is 41.4 Å². The van der Waals surface area contributed by atoms with Crippen LogP contribution in [-0.2, 0) is 4.74 Å². The summed E-state index contributed by atoms with van der Waals surface area (Å²) >= 11 is 0. The molecule has 0 aliphatic carbocycles. The Labute approximate surface area is 104 Å². The number of carbonyl (C=O) groups excluding carboxylic acids is 1. The van der Waals surface area contributed by atoms with Gasteiger partial charge in [-0.25, -0.2) is 4.79 Å². The lowest BCUT2D eigenvalue weighted by atomic mass is 9.94. The minimum absolute atomic E-state index is 0.203. The van der Waals surface area contributed by atoms with Gasteiger partial charge in [-0.05, 0) is 52.4 Å². The van der Waals surface area contributed by atoms with Crippen molar-refractivity contribution in [1.82, 2.24) is 4.90 Å². The highest BCUT2D eigenvalue weighted by Gasteiger charge is 2.27. The Morgan fingerprint density at radius 1 is 1.47 bits per heavy atom. The first-order valence-electron chi connectivity index (χ1n) is 6.51. The zero-order chi connectivity index (χ0) is 12.9. The third-order valence-corrected chi connectivity index (χ3v) is 2.94. The van der Waals surface area contributed by atoms with Crippen LogP contribution in [0.3, 0.4) is 0 Å². The van der Waals surface area contributed by atoms with Crippen LogP contribution in [0.2, 0.25) is 0 Å². The number of ether oxygens (including phenoxy) is 1. The SMILES string of the molecule is CC(C)(C)OC(=O)N1CCCC(CCCO)C1. The summed E-state index contributed by atoms with van der Waals surface area (Å²) in [5, 5.41) is 8.82. The Morgan fingerprint density at radius 3 is 2.76 bits per heavy atom. The molecule has 1 aliphatic rings. The Bertz CT molecular complexity index is 248. The first-order chi connectivity index (χ1) is 7.92. The normalized spacial score (nSPS) is 21.4. The summed E-state index contributed by atoms with van der Waals surface area (Å²) in [7, 11) is 0. The molecule has 1 N–H and O–H groups in total. The van der Waals surface area contributed by atoms with Crippen molar-refractivity contribution in [3.05, 3.63) is 0 Å². The van der Waals surface area contributed by atoms with Crippen molar-refractivity contribution in [2.75, 3.05) is 19.7 Å². The van der Waals surface area contributed by atoms with Gasteiger partial charge in [-0.1, -0.05) is 0 Å². The predicted molar refractivity (Wildman–Crippen MR) is 66.9 cm³/mol. The summed E-state index contributed by atoms with van der Waals surface area (Å²) in [6.45, 7) is 7.47. The van der Waals surface area contributed by atoms with Crippen LogP contribution < -0.4 is 0 Å². The van der Waals surface area contributed by atoms with Crippen molar-refractivity contribution in [2.24, 2.45) is 5.92 Å². The Morgan fingerprint density at radius 2 is 2.18 bits per heavy atom. The Kier molecular flexibility index (Phi) is 5.25. The number of aliphatic hydroxyl groups excluding tert-OH is 1. The fourth-order valence-corrected chi connectivity index (χ4v) is 2.17. The summed E-state index contributed by atoms with van der Waals surface area (Å²) in [5.74, 6) is 0.517. The molecule has 1 rings (SSSR count). The van der Waals surface area contributed by atoms with Crippen LogP contribution in [0, 0.1) is 5.92 Å². The maximum absolute atomic E-state index is 11.9. The van der Waals surface area contributed by atoms with E-state index in [1.807, 2.05) is 20.8 Å². The minimum atomic E-state index is -0.422. The van der Waals surface area contributed by atoms with Crippen LogP contribution in [0.4, 0.5) is 4.79 Å². The number of hydrogen-bond donors (Lipinski definition) is 1. The molecule has 0 aromatic carbocycles. The fraction of sp³-hybridized carbons (Fsp3) is 0.923. The first-order valence-corrected chi connectivity index (χ1v) is 6.51. The number of likely N-dealkylation sites (tertiary alicyclic amines) is 1. The first kappa shape index (κ1) is 14.3. The molecule has 1 amide bonds. The quantitative estimate of drug-likeness (QED) is 0.828. The van der Waals surface area contributed by atoms with Crippen molar-refractivity contribution >= 4 is 6.09 Å². The van der Waals surface area contributed by atoms with Crippen LogP contribution in [0.25, 0.3) is 0 Å². The molecule has 1 unspecified atom stereocenters. The van der Waals surface area contributed by atoms with E-state index in [-0.39, 0.29) is 12.7 Å². The van der Waals surface area contributed by atoms with Crippen LogP contribution >= 0.6 is 0 Å². The zero-order valence-electron chi connectivity index (χ0n) is 11.2. The summed E-state index contributed by atoms with van der Waals surface area (Å²) in [5.41, 5.74) is -0.422. The van der Waals surface area contributed by atoms with Gasteiger partial charge in [0.05, 0.1) is 0 Å². The molecule has 4 heteroatoms. The maximum Gasteiger partial charge on any atom is 0.410 e. The zero-order valence-corrected chi connectivity index (χ0v) is 11.2. The van der Waals surface area contributed by atoms with Gasteiger partial charge in [-0.15, -0.1) is 0 Å². The van der Waals surface area contributed by atoms with Crippen LogP contribution in [0.1, 0.15) is 46.5 Å². The van der Waals surface area contributed by atoms with Gasteiger partial charge in [-0.3, -0.25) is 0 Å². The molecule has 0 bridgehead atoms. The highest BCUT2D eigenvalue weighted by atomic mass is 16.6. The van der Waals surface area contributed by atoms with E-state index in [4.69, 9.17) is 9.84 Å². The molecule has 17 heavy (non-hydrogen) atoms. The second-order valence-electron chi connectivity index (χ2n) is 5.80. The van der Waals surface area contributed by atoms with E-state index in [1.165, 1.54) is 0 Å². The van der Waals surface area contributed by atoms with E-state index in [0.717, 1.165) is 38.8 Å². The van der Waals surface area contributed by atoms with E-state index >= 15 is 0 Å². The molecular formula is C13H25NO3. The van der Waals surface area contributed by atoms with Gasteiger partial charge < -0.3 is 14.7 Å². The highest BCUT2D eigenvalue weighted by molar-refractivity contribution is 5.68. The minimum Gasteiger partial charge on any atom is -0.444 e. The lowest BCUT2D eigenvalue weighted by molar-refractivity contribution is 0.0159. The summed E-state index contributed by atoms with van der Waals surface area (Å²) in [6, 6.07) is 0. The smallest absolute Gasteiger partial charge is 0.410 e. The average molecular weight is 243 g/mol. The molecule has 1 aliphatic heterocycles. The van der Waals surface area contributed by atoms with E-state index in [9.17, 15) is 4.79 Å². The van der Waals surface area contributed by atoms with E-state index in [1.54, 1.807) is 4.90 Å². The third-order valence-electron chi connectivity index (χ3n) is 2.94. The van der Waals surface area contributed by atoms with Crippen molar-refractivity contribution in [3.8, 4) is 0 Å². The molecule has 0 aromatic heterocycles. The molecule has 0 saturated carbocycles. The van der Waals surface area contributed by atoms with Gasteiger partial charge in [0.15, 0.2) is 0 Å². The van der Waals surface area contributed by atoms with Gasteiger partial charge in [0.2, 0.25) is 0 Å². The third kappa shape index (κ3) is 5.39. The number of aliphatic hydroxyl groups is 1. The molecule has 1 fully saturated rings. The van der Waals surface area contributed by atoms with E-state index in [0.29, 0.717) is 5.92 Å². The molecule has 0 aromatic rings. The molecule has 100 valence electrons. The molecule has 0 spiro atoms. The molecule has 1 atom stereocenters. The van der Waals surface area contributed by atoms with Crippen molar-refractivity contribution in [3.63, 3.8) is 0 Å². The van der Waals surface area contributed by atoms with Crippen LogP contribution in [0.5, 0.6) is 0 Å². The fourth-order valence-electron chi connectivity index (χ4n) is 2.17. The molecule has 1 saturated heterocycles. The lowest BCUT2D eigenvalue weighted by Gasteiger charge is -2.34. The largest absolute Gasteiger partial charge is 0.444 e. The maximum atomic E-state index is 11.9. The number of carbonyl (C=O) groups is 1. The predicted octanol–water partition coefficient (Wildman–Crippen LogP) is 2.41. The van der Waals surface area contributed by atoms with E-state index in [2.05, 4.69) is 0 Å². The topological polar surface area (TPSA) is 49.8 Å². The summed E-state index contributed by atoms with van der Waals surface area (Å²) < 4.78 is 5.37. The number of piperidine rings is 1. The van der Waals surface area contributed by atoms with Gasteiger partial charge in [0.25, 0.3) is 0 Å². The van der Waals surface area contributed by atoms with Gasteiger partial charge >= 0.3 is 6.09 Å². The Hall–Kier alpha value is -0.770. The monoisotopic (exact) mass is 243 g/mol. The summed E-state index contributed by atoms with van der Waals surface area (Å²) in [6.07, 6.45) is 3.81. The lowest BCUT2D eigenvalue weighted by Crippen LogP contribution is -2.42. The molecule has 4 nitrogen and oxygen atoms in total. The second-order valence-corrected chi connectivity index (χ2v) is 5.80. The molecule has 0 radical (unpaired) electrons. The number of nitrogens with zero attached hydrogens (tertiary/aromatic N) is 1. The number of rotatable bonds is 3. The highest BCUT2D eigenvalue weighted by Crippen LogP contribution is 2.22. The van der Waals surface area contributed by atoms with E-state index < -0.39 is 5.60 Å². The van der Waals surface area contributed by atoms with Gasteiger partial charge in [0, 0.05) is 19.7 Å².